The quantitative estimate of drug-likeness (QED) is 0.261. The molecule has 3 rings (SSSR count). The number of hydrogen-bond acceptors (Lipinski definition) is 13. The van der Waals surface area contributed by atoms with Crippen LogP contribution >= 0.6 is 0 Å². The van der Waals surface area contributed by atoms with Gasteiger partial charge in [-0.3, -0.25) is 0 Å². The summed E-state index contributed by atoms with van der Waals surface area (Å²) in [6, 6.07) is 0. The number of ether oxygens (including phenoxy) is 2. The molecular weight excluding hydrogens is 378 g/mol. The summed E-state index contributed by atoms with van der Waals surface area (Å²) in [5.74, 6) is -0.498. The van der Waals surface area contributed by atoms with Crippen LogP contribution in [0.1, 0.15) is 18.7 Å². The van der Waals surface area contributed by atoms with E-state index in [0.29, 0.717) is 0 Å². The monoisotopic (exact) mass is 399 g/mol. The molecule has 3 unspecified atom stereocenters. The summed E-state index contributed by atoms with van der Waals surface area (Å²) >= 11 is 0. The highest BCUT2D eigenvalue weighted by Crippen LogP contribution is 2.27. The summed E-state index contributed by atoms with van der Waals surface area (Å²) in [7, 11) is 0. The van der Waals surface area contributed by atoms with Gasteiger partial charge in [-0.15, -0.1) is 0 Å². The lowest BCUT2D eigenvalue weighted by Crippen LogP contribution is -2.60. The first-order valence-corrected chi connectivity index (χ1v) is 8.36. The van der Waals surface area contributed by atoms with Crippen molar-refractivity contribution in [2.75, 3.05) is 12.3 Å². The second-order valence-corrected chi connectivity index (χ2v) is 6.35. The zero-order valence-electron chi connectivity index (χ0n) is 14.7. The summed E-state index contributed by atoms with van der Waals surface area (Å²) in [5, 5.41) is 58.4. The van der Waals surface area contributed by atoms with E-state index in [1.165, 1.54) is 13.1 Å². The van der Waals surface area contributed by atoms with Gasteiger partial charge in [0.05, 0.1) is 24.6 Å². The summed E-state index contributed by atoms with van der Waals surface area (Å²) < 4.78 is 10.7. The maximum atomic E-state index is 10.1. The van der Waals surface area contributed by atoms with Crippen LogP contribution in [0.5, 0.6) is 5.88 Å². The molecule has 1 saturated heterocycles. The van der Waals surface area contributed by atoms with Gasteiger partial charge in [-0.2, -0.15) is 9.97 Å². The first kappa shape index (κ1) is 20.5. The van der Waals surface area contributed by atoms with Crippen molar-refractivity contribution in [1.82, 2.24) is 19.9 Å². The highest BCUT2D eigenvalue weighted by atomic mass is 16.7. The third-order valence-electron chi connectivity index (χ3n) is 4.25. The molecule has 0 saturated carbocycles. The molecule has 0 aromatic carbocycles. The number of aliphatic hydroxyl groups is 6. The van der Waals surface area contributed by atoms with Gasteiger partial charge in [-0.05, 0) is 6.92 Å². The predicted octanol–water partition coefficient (Wildman–Crippen LogP) is -3.41. The number of hydrogen-bond donors (Lipinski definition) is 7. The van der Waals surface area contributed by atoms with Crippen LogP contribution in [0.2, 0.25) is 0 Å². The van der Waals surface area contributed by atoms with Crippen LogP contribution < -0.4 is 10.5 Å². The Morgan fingerprint density at radius 1 is 1.14 bits per heavy atom. The molecule has 0 bridgehead atoms. The Balaban J connectivity index is 1.94. The van der Waals surface area contributed by atoms with E-state index in [4.69, 9.17) is 15.2 Å². The van der Waals surface area contributed by atoms with Crippen molar-refractivity contribution in [3.63, 3.8) is 0 Å². The van der Waals surface area contributed by atoms with E-state index >= 15 is 0 Å². The lowest BCUT2D eigenvalue weighted by molar-refractivity contribution is -0.277. The Kier molecular flexibility index (Phi) is 5.85. The molecular formula is C15H21N5O8. The van der Waals surface area contributed by atoms with Gasteiger partial charge in [0.1, 0.15) is 30.5 Å². The van der Waals surface area contributed by atoms with Gasteiger partial charge in [0.15, 0.2) is 11.2 Å². The van der Waals surface area contributed by atoms with Gasteiger partial charge in [-0.25, -0.2) is 9.97 Å². The van der Waals surface area contributed by atoms with Crippen molar-refractivity contribution in [1.29, 1.82) is 0 Å². The van der Waals surface area contributed by atoms with Gasteiger partial charge in [0, 0.05) is 0 Å². The predicted molar refractivity (Wildman–Crippen MR) is 90.6 cm³/mol. The number of aromatic nitrogens is 4. The fraction of sp³-hybridized carbons (Fsp3) is 0.600. The minimum atomic E-state index is -1.66. The average molecular weight is 399 g/mol. The zero-order valence-corrected chi connectivity index (χ0v) is 14.7. The molecule has 0 aliphatic carbocycles. The summed E-state index contributed by atoms with van der Waals surface area (Å²) in [5.41, 5.74) is 5.64. The van der Waals surface area contributed by atoms with E-state index in [0.717, 1.165) is 0 Å². The Labute approximate surface area is 158 Å². The molecule has 2 aromatic heterocycles. The van der Waals surface area contributed by atoms with Crippen LogP contribution in [0, 0.1) is 0 Å². The van der Waals surface area contributed by atoms with Gasteiger partial charge in [0.25, 0.3) is 0 Å². The van der Waals surface area contributed by atoms with E-state index in [9.17, 15) is 30.6 Å². The second-order valence-electron chi connectivity index (χ2n) is 6.35. The number of nitrogens with two attached hydrogens (primary N) is 1. The normalized spacial score (nSPS) is 30.2. The minimum absolute atomic E-state index is 0.00713. The van der Waals surface area contributed by atoms with Crippen molar-refractivity contribution < 1.29 is 40.1 Å². The van der Waals surface area contributed by atoms with Crippen LogP contribution in [0.25, 0.3) is 11.2 Å². The maximum absolute atomic E-state index is 10.1. The maximum Gasteiger partial charge on any atom is 0.249 e. The number of anilines is 1. The average Bonchev–Trinajstić information content (AvgIpc) is 2.66. The van der Waals surface area contributed by atoms with Gasteiger partial charge in [0.2, 0.25) is 18.1 Å². The molecule has 13 nitrogen and oxygen atoms in total. The first-order valence-electron chi connectivity index (χ1n) is 8.36. The van der Waals surface area contributed by atoms with E-state index in [1.807, 2.05) is 0 Å². The first-order chi connectivity index (χ1) is 13.2. The highest BCUT2D eigenvalue weighted by Gasteiger charge is 2.45. The smallest absolute Gasteiger partial charge is 0.249 e. The third kappa shape index (κ3) is 3.81. The molecule has 1 aliphatic heterocycles. The molecule has 8 N–H and O–H groups in total. The molecule has 0 radical (unpaired) electrons. The third-order valence-corrected chi connectivity index (χ3v) is 4.25. The molecule has 3 heterocycles. The minimum Gasteiger partial charge on any atom is -0.443 e. The Hall–Kier alpha value is -2.26. The van der Waals surface area contributed by atoms with Crippen LogP contribution in [-0.2, 0) is 4.74 Å². The Bertz CT molecular complexity index is 837. The molecule has 0 amide bonds. The lowest BCUT2D eigenvalue weighted by Gasteiger charge is -2.39. The lowest BCUT2D eigenvalue weighted by atomic mass is 9.99. The molecule has 7 atom stereocenters. The summed E-state index contributed by atoms with van der Waals surface area (Å²) in [6.45, 7) is 0.746. The standard InChI is InChI=1S/C15H21N5O8/c1-4(22)8(23)5-2-17-7-12(18-5)19-15(16)20-13(7)28-14-11(26)10(25)9(24)6(3-21)27-14/h2,4,6,8-11,14,21-26H,3H2,1H3,(H2,16,18,19,20)/t4?,6-,8?,9-,10+,11-,14?/m1/s1. The van der Waals surface area contributed by atoms with Crippen molar-refractivity contribution in [2.45, 2.75) is 49.8 Å². The van der Waals surface area contributed by atoms with Gasteiger partial charge in [-0.1, -0.05) is 0 Å². The molecule has 1 fully saturated rings. The van der Waals surface area contributed by atoms with Gasteiger partial charge < -0.3 is 45.8 Å². The van der Waals surface area contributed by atoms with Crippen molar-refractivity contribution in [3.05, 3.63) is 11.9 Å². The fourth-order valence-corrected chi connectivity index (χ4v) is 2.66. The summed E-state index contributed by atoms with van der Waals surface area (Å²) in [6.07, 6.45) is -8.74. The van der Waals surface area contributed by atoms with Crippen molar-refractivity contribution in [2.24, 2.45) is 0 Å². The number of fused-ring (bicyclic) bond motifs is 1. The van der Waals surface area contributed by atoms with Crippen LogP contribution in [0.3, 0.4) is 0 Å². The second kappa shape index (κ2) is 8.00. The molecule has 2 aromatic rings. The van der Waals surface area contributed by atoms with E-state index in [2.05, 4.69) is 19.9 Å². The SMILES string of the molecule is CC(O)C(O)c1cnc2c(OC3O[C@H](CO)[C@@H](O)[C@H](O)[C@H]3O)nc(N)nc2n1. The molecule has 0 spiro atoms. The fourth-order valence-electron chi connectivity index (χ4n) is 2.66. The van der Waals surface area contributed by atoms with E-state index in [1.54, 1.807) is 0 Å². The Morgan fingerprint density at radius 2 is 1.86 bits per heavy atom. The number of rotatable bonds is 5. The Morgan fingerprint density at radius 3 is 2.50 bits per heavy atom. The van der Waals surface area contributed by atoms with Gasteiger partial charge >= 0.3 is 0 Å². The summed E-state index contributed by atoms with van der Waals surface area (Å²) in [4.78, 5) is 15.9. The largest absolute Gasteiger partial charge is 0.443 e. The van der Waals surface area contributed by atoms with Crippen molar-refractivity contribution >= 4 is 17.1 Å². The number of nitrogen functional groups attached to an aromatic ring is 1. The van der Waals surface area contributed by atoms with E-state index in [-0.39, 0.29) is 28.7 Å². The van der Waals surface area contributed by atoms with Crippen LogP contribution in [0.4, 0.5) is 5.95 Å². The highest BCUT2D eigenvalue weighted by molar-refractivity contribution is 5.76. The molecule has 154 valence electrons. The van der Waals surface area contributed by atoms with Crippen molar-refractivity contribution in [3.8, 4) is 5.88 Å². The molecule has 28 heavy (non-hydrogen) atoms. The topological polar surface area (TPSA) is 217 Å². The number of nitrogens with zero attached hydrogens (tertiary/aromatic N) is 4. The number of aliphatic hydroxyl groups excluding tert-OH is 6. The molecule has 1 aliphatic rings. The van der Waals surface area contributed by atoms with Crippen LogP contribution in [-0.4, -0.2) is 94.0 Å². The molecule has 13 heteroatoms. The zero-order chi connectivity index (χ0) is 20.6. The van der Waals surface area contributed by atoms with Crippen LogP contribution in [0.15, 0.2) is 6.20 Å². The van der Waals surface area contributed by atoms with E-state index < -0.39 is 49.5 Å².